The molecule has 0 aromatic carbocycles. The SMILES string of the molecule is CN1CCCC(CCN(C)C2CCCC2N)C1. The van der Waals surface area contributed by atoms with E-state index in [0.717, 1.165) is 5.92 Å². The number of nitrogens with zero attached hydrogens (tertiary/aromatic N) is 2. The van der Waals surface area contributed by atoms with Crippen LogP contribution in [0.15, 0.2) is 0 Å². The molecule has 2 rings (SSSR count). The summed E-state index contributed by atoms with van der Waals surface area (Å²) < 4.78 is 0. The van der Waals surface area contributed by atoms with Gasteiger partial charge in [0.2, 0.25) is 0 Å². The molecule has 2 N–H and O–H groups in total. The lowest BCUT2D eigenvalue weighted by Crippen LogP contribution is -2.43. The molecule has 0 bridgehead atoms. The smallest absolute Gasteiger partial charge is 0.0244 e. The van der Waals surface area contributed by atoms with E-state index in [0.29, 0.717) is 12.1 Å². The number of piperidine rings is 1. The highest BCUT2D eigenvalue weighted by Gasteiger charge is 2.27. The molecule has 100 valence electrons. The first-order chi connectivity index (χ1) is 8.16. The Kier molecular flexibility index (Phi) is 4.83. The van der Waals surface area contributed by atoms with Crippen LogP contribution in [0.4, 0.5) is 0 Å². The predicted octanol–water partition coefficient (Wildman–Crippen LogP) is 1.53. The maximum absolute atomic E-state index is 6.16. The van der Waals surface area contributed by atoms with Crippen LogP contribution >= 0.6 is 0 Å². The molecule has 0 radical (unpaired) electrons. The molecule has 0 spiro atoms. The van der Waals surface area contributed by atoms with Gasteiger partial charge in [0.25, 0.3) is 0 Å². The zero-order valence-electron chi connectivity index (χ0n) is 11.6. The van der Waals surface area contributed by atoms with Crippen LogP contribution in [0, 0.1) is 5.92 Å². The molecule has 17 heavy (non-hydrogen) atoms. The van der Waals surface area contributed by atoms with Crippen molar-refractivity contribution in [3.63, 3.8) is 0 Å². The van der Waals surface area contributed by atoms with E-state index < -0.39 is 0 Å². The molecule has 1 saturated carbocycles. The van der Waals surface area contributed by atoms with Gasteiger partial charge in [-0.25, -0.2) is 0 Å². The van der Waals surface area contributed by atoms with Crippen molar-refractivity contribution < 1.29 is 0 Å². The summed E-state index contributed by atoms with van der Waals surface area (Å²) >= 11 is 0. The van der Waals surface area contributed by atoms with Gasteiger partial charge in [0.05, 0.1) is 0 Å². The van der Waals surface area contributed by atoms with Crippen molar-refractivity contribution in [2.45, 2.75) is 50.6 Å². The standard InChI is InChI=1S/C14H29N3/c1-16-9-4-5-12(11-16)8-10-17(2)14-7-3-6-13(14)15/h12-14H,3-11,15H2,1-2H3. The van der Waals surface area contributed by atoms with Gasteiger partial charge in [0, 0.05) is 18.6 Å². The average Bonchev–Trinajstić information content (AvgIpc) is 2.72. The van der Waals surface area contributed by atoms with E-state index in [1.54, 1.807) is 0 Å². The van der Waals surface area contributed by atoms with Crippen molar-refractivity contribution >= 4 is 0 Å². The summed E-state index contributed by atoms with van der Waals surface area (Å²) in [6, 6.07) is 1.07. The van der Waals surface area contributed by atoms with E-state index in [2.05, 4.69) is 23.9 Å². The first-order valence-corrected chi connectivity index (χ1v) is 7.31. The Morgan fingerprint density at radius 1 is 1.24 bits per heavy atom. The third kappa shape index (κ3) is 3.67. The topological polar surface area (TPSA) is 32.5 Å². The second kappa shape index (κ2) is 6.17. The summed E-state index contributed by atoms with van der Waals surface area (Å²) in [5, 5.41) is 0. The second-order valence-electron chi connectivity index (χ2n) is 6.20. The summed E-state index contributed by atoms with van der Waals surface area (Å²) in [7, 11) is 4.52. The molecule has 0 amide bonds. The zero-order chi connectivity index (χ0) is 12.3. The van der Waals surface area contributed by atoms with Crippen molar-refractivity contribution in [2.24, 2.45) is 11.7 Å². The molecular formula is C14H29N3. The first-order valence-electron chi connectivity index (χ1n) is 7.31. The molecule has 0 aromatic heterocycles. The van der Waals surface area contributed by atoms with Gasteiger partial charge in [-0.1, -0.05) is 6.42 Å². The molecule has 1 heterocycles. The van der Waals surface area contributed by atoms with Crippen LogP contribution in [0.3, 0.4) is 0 Å². The number of nitrogens with two attached hydrogens (primary N) is 1. The molecule has 1 aliphatic heterocycles. The minimum atomic E-state index is 0.425. The molecule has 3 nitrogen and oxygen atoms in total. The summed E-state index contributed by atoms with van der Waals surface area (Å²) in [6.45, 7) is 3.82. The van der Waals surface area contributed by atoms with E-state index in [1.165, 1.54) is 58.2 Å². The van der Waals surface area contributed by atoms with Crippen molar-refractivity contribution in [3.8, 4) is 0 Å². The number of likely N-dealkylation sites (N-methyl/N-ethyl adjacent to an activating group) is 1. The van der Waals surface area contributed by atoms with Crippen molar-refractivity contribution in [1.82, 2.24) is 9.80 Å². The molecule has 3 heteroatoms. The van der Waals surface area contributed by atoms with Crippen LogP contribution in [-0.2, 0) is 0 Å². The van der Waals surface area contributed by atoms with Gasteiger partial charge < -0.3 is 15.5 Å². The average molecular weight is 239 g/mol. The highest BCUT2D eigenvalue weighted by atomic mass is 15.2. The number of hydrogen-bond donors (Lipinski definition) is 1. The summed E-state index contributed by atoms with van der Waals surface area (Å²) in [4.78, 5) is 5.00. The molecule has 1 aliphatic carbocycles. The fraction of sp³-hybridized carbons (Fsp3) is 1.00. The van der Waals surface area contributed by atoms with E-state index in [-0.39, 0.29) is 0 Å². The molecule has 2 aliphatic rings. The Bertz CT molecular complexity index is 232. The van der Waals surface area contributed by atoms with Crippen molar-refractivity contribution in [2.75, 3.05) is 33.7 Å². The minimum Gasteiger partial charge on any atom is -0.326 e. The van der Waals surface area contributed by atoms with Gasteiger partial charge in [0.1, 0.15) is 0 Å². The Balaban J connectivity index is 1.70. The lowest BCUT2D eigenvalue weighted by atomic mass is 9.94. The normalized spacial score (nSPS) is 35.6. The molecule has 0 aromatic rings. The Labute approximate surface area is 106 Å². The first kappa shape index (κ1) is 13.3. The highest BCUT2D eigenvalue weighted by molar-refractivity contribution is 4.87. The van der Waals surface area contributed by atoms with Gasteiger partial charge >= 0.3 is 0 Å². The quantitative estimate of drug-likeness (QED) is 0.807. The fourth-order valence-corrected chi connectivity index (χ4v) is 3.58. The van der Waals surface area contributed by atoms with Gasteiger partial charge in [-0.3, -0.25) is 0 Å². The van der Waals surface area contributed by atoms with E-state index >= 15 is 0 Å². The van der Waals surface area contributed by atoms with Crippen LogP contribution in [0.1, 0.15) is 38.5 Å². The van der Waals surface area contributed by atoms with Crippen molar-refractivity contribution in [1.29, 1.82) is 0 Å². The summed E-state index contributed by atoms with van der Waals surface area (Å²) in [5.74, 6) is 0.911. The Hall–Kier alpha value is -0.120. The van der Waals surface area contributed by atoms with E-state index in [1.807, 2.05) is 0 Å². The minimum absolute atomic E-state index is 0.425. The zero-order valence-corrected chi connectivity index (χ0v) is 11.6. The van der Waals surface area contributed by atoms with Crippen LogP contribution in [-0.4, -0.2) is 55.6 Å². The Morgan fingerprint density at radius 3 is 2.71 bits per heavy atom. The largest absolute Gasteiger partial charge is 0.326 e. The predicted molar refractivity (Wildman–Crippen MR) is 73.1 cm³/mol. The molecule has 1 saturated heterocycles. The van der Waals surface area contributed by atoms with Crippen molar-refractivity contribution in [3.05, 3.63) is 0 Å². The van der Waals surface area contributed by atoms with Crippen LogP contribution in [0.5, 0.6) is 0 Å². The highest BCUT2D eigenvalue weighted by Crippen LogP contribution is 2.24. The summed E-state index contributed by atoms with van der Waals surface area (Å²) in [6.07, 6.45) is 8.01. The van der Waals surface area contributed by atoms with Crippen LogP contribution < -0.4 is 5.73 Å². The number of hydrogen-bond acceptors (Lipinski definition) is 3. The van der Waals surface area contributed by atoms with Gasteiger partial charge in [-0.15, -0.1) is 0 Å². The molecule has 2 fully saturated rings. The molecular weight excluding hydrogens is 210 g/mol. The lowest BCUT2D eigenvalue weighted by Gasteiger charge is -2.33. The fourth-order valence-electron chi connectivity index (χ4n) is 3.58. The third-order valence-electron chi connectivity index (χ3n) is 4.71. The number of likely N-dealkylation sites (tertiary alicyclic amines) is 1. The summed E-state index contributed by atoms with van der Waals surface area (Å²) in [5.41, 5.74) is 6.16. The second-order valence-corrected chi connectivity index (χ2v) is 6.20. The molecule has 3 unspecified atom stereocenters. The maximum Gasteiger partial charge on any atom is 0.0244 e. The monoisotopic (exact) mass is 239 g/mol. The maximum atomic E-state index is 6.16. The van der Waals surface area contributed by atoms with Gasteiger partial charge in [-0.2, -0.15) is 0 Å². The lowest BCUT2D eigenvalue weighted by molar-refractivity contribution is 0.166. The van der Waals surface area contributed by atoms with Gasteiger partial charge in [-0.05, 0) is 65.2 Å². The Morgan fingerprint density at radius 2 is 2.06 bits per heavy atom. The number of rotatable bonds is 4. The van der Waals surface area contributed by atoms with E-state index in [9.17, 15) is 0 Å². The van der Waals surface area contributed by atoms with Crippen LogP contribution in [0.25, 0.3) is 0 Å². The van der Waals surface area contributed by atoms with Gasteiger partial charge in [0.15, 0.2) is 0 Å². The molecule has 3 atom stereocenters. The van der Waals surface area contributed by atoms with E-state index in [4.69, 9.17) is 5.73 Å². The van der Waals surface area contributed by atoms with Crippen LogP contribution in [0.2, 0.25) is 0 Å². The third-order valence-corrected chi connectivity index (χ3v) is 4.71.